The van der Waals surface area contributed by atoms with E-state index in [-0.39, 0.29) is 0 Å². The topological polar surface area (TPSA) is 98.7 Å². The van der Waals surface area contributed by atoms with Crippen LogP contribution in [0.4, 0.5) is 5.69 Å². The van der Waals surface area contributed by atoms with Crippen LogP contribution in [0.5, 0.6) is 0 Å². The molecule has 0 fully saturated rings. The lowest BCUT2D eigenvalue weighted by atomic mass is 10.3. The highest BCUT2D eigenvalue weighted by atomic mass is 79.9. The summed E-state index contributed by atoms with van der Waals surface area (Å²) < 4.78 is 5.63. The summed E-state index contributed by atoms with van der Waals surface area (Å²) in [6.07, 6.45) is 0. The lowest BCUT2D eigenvalue weighted by Gasteiger charge is -2.07. The first-order valence-corrected chi connectivity index (χ1v) is 7.19. The number of hydrazine groups is 1. The van der Waals surface area contributed by atoms with E-state index in [1.54, 1.807) is 0 Å². The summed E-state index contributed by atoms with van der Waals surface area (Å²) in [6.45, 7) is 0. The van der Waals surface area contributed by atoms with Gasteiger partial charge >= 0.3 is 11.9 Å². The minimum absolute atomic E-state index is 0.938. The second kappa shape index (κ2) is 8.86. The van der Waals surface area contributed by atoms with Gasteiger partial charge in [0.1, 0.15) is 0 Å². The molecule has 1 aromatic carbocycles. The number of aliphatic carboxylic acids is 2. The van der Waals surface area contributed by atoms with Crippen molar-refractivity contribution in [1.82, 2.24) is 4.45 Å². The van der Waals surface area contributed by atoms with Crippen molar-refractivity contribution in [2.24, 2.45) is 0 Å². The standard InChI is InChI=1S/C6H4Br4N2.C2H2O4/c7-3-1-4(8)6(9)5(2-3)11-12-10;3-1(4)2(5)6/h1-2,11-12H;(H,3,4)(H,5,6). The summed E-state index contributed by atoms with van der Waals surface area (Å²) in [6, 6.07) is 3.91. The summed E-state index contributed by atoms with van der Waals surface area (Å²) in [7, 11) is 0. The molecule has 1 aromatic rings. The smallest absolute Gasteiger partial charge is 0.414 e. The van der Waals surface area contributed by atoms with Crippen molar-refractivity contribution < 1.29 is 19.8 Å². The Morgan fingerprint density at radius 3 is 1.94 bits per heavy atom. The molecule has 18 heavy (non-hydrogen) atoms. The highest BCUT2D eigenvalue weighted by molar-refractivity contribution is 9.13. The van der Waals surface area contributed by atoms with Gasteiger partial charge in [-0.25, -0.2) is 9.59 Å². The average Bonchev–Trinajstić information content (AvgIpc) is 2.26. The fraction of sp³-hybridized carbons (Fsp3) is 0. The number of carboxylic acid groups (broad SMARTS) is 2. The summed E-state index contributed by atoms with van der Waals surface area (Å²) in [4.78, 5) is 18.2. The van der Waals surface area contributed by atoms with Crippen molar-refractivity contribution in [1.29, 1.82) is 0 Å². The molecule has 6 nitrogen and oxygen atoms in total. The third-order valence-electron chi connectivity index (χ3n) is 1.36. The van der Waals surface area contributed by atoms with Gasteiger partial charge in [0.05, 0.1) is 10.2 Å². The molecule has 1 rings (SSSR count). The van der Waals surface area contributed by atoms with E-state index in [4.69, 9.17) is 19.8 Å². The van der Waals surface area contributed by atoms with Crippen LogP contribution in [0.15, 0.2) is 25.6 Å². The Kier molecular flexibility index (Phi) is 8.78. The zero-order valence-corrected chi connectivity index (χ0v) is 14.7. The van der Waals surface area contributed by atoms with Crippen LogP contribution in [0.25, 0.3) is 0 Å². The molecular weight excluding hydrogens is 508 g/mol. The van der Waals surface area contributed by atoms with Gasteiger partial charge in [-0.1, -0.05) is 15.9 Å². The molecule has 0 aliphatic rings. The molecule has 0 saturated heterocycles. The molecule has 0 bridgehead atoms. The summed E-state index contributed by atoms with van der Waals surface area (Å²) in [5.41, 5.74) is 3.86. The highest BCUT2D eigenvalue weighted by Crippen LogP contribution is 2.33. The van der Waals surface area contributed by atoms with Crippen LogP contribution in [-0.4, -0.2) is 22.2 Å². The number of halogens is 4. The molecule has 0 heterocycles. The van der Waals surface area contributed by atoms with Crippen molar-refractivity contribution in [3.63, 3.8) is 0 Å². The highest BCUT2D eigenvalue weighted by Gasteiger charge is 2.04. The minimum Gasteiger partial charge on any atom is -0.473 e. The second-order valence-electron chi connectivity index (χ2n) is 2.58. The monoisotopic (exact) mass is 510 g/mol. The Labute approximate surface area is 136 Å². The van der Waals surface area contributed by atoms with Crippen molar-refractivity contribution >= 4 is 81.6 Å². The normalized spacial score (nSPS) is 9.11. The first-order valence-electron chi connectivity index (χ1n) is 4.02. The molecule has 0 aromatic heterocycles. The lowest BCUT2D eigenvalue weighted by Crippen LogP contribution is -2.09. The van der Waals surface area contributed by atoms with E-state index in [2.05, 4.69) is 73.8 Å². The van der Waals surface area contributed by atoms with Crippen molar-refractivity contribution in [2.75, 3.05) is 5.43 Å². The fourth-order valence-corrected chi connectivity index (χ4v) is 2.46. The molecule has 0 unspecified atom stereocenters. The first kappa shape index (κ1) is 17.8. The number of nitrogens with one attached hydrogen (secondary N) is 2. The average molecular weight is 514 g/mol. The van der Waals surface area contributed by atoms with Gasteiger partial charge in [-0.3, -0.25) is 0 Å². The number of anilines is 1. The van der Waals surface area contributed by atoms with Crippen LogP contribution < -0.4 is 9.88 Å². The van der Waals surface area contributed by atoms with E-state index < -0.39 is 11.9 Å². The Morgan fingerprint density at radius 2 is 1.56 bits per heavy atom. The third-order valence-corrected chi connectivity index (χ3v) is 4.03. The Hall–Kier alpha value is -0.160. The van der Waals surface area contributed by atoms with Gasteiger partial charge < -0.3 is 15.6 Å². The maximum atomic E-state index is 9.10. The zero-order chi connectivity index (χ0) is 14.3. The van der Waals surface area contributed by atoms with Gasteiger partial charge in [-0.05, 0) is 44.0 Å². The summed E-state index contributed by atoms with van der Waals surface area (Å²) >= 11 is 13.3. The number of rotatable bonds is 2. The quantitative estimate of drug-likeness (QED) is 0.210. The van der Waals surface area contributed by atoms with Gasteiger partial charge in [0.15, 0.2) is 0 Å². The number of carboxylic acids is 2. The molecular formula is C8H6Br4N2O4. The number of hydrogen-bond acceptors (Lipinski definition) is 4. The molecule has 4 N–H and O–H groups in total. The number of carbonyl (C=O) groups is 2. The van der Waals surface area contributed by atoms with Gasteiger partial charge in [-0.2, -0.15) is 4.45 Å². The van der Waals surface area contributed by atoms with Crippen LogP contribution in [-0.2, 0) is 9.59 Å². The SMILES string of the molecule is BrNNc1cc(Br)cc(Br)c1Br.O=C(O)C(=O)O. The minimum atomic E-state index is -1.82. The second-order valence-corrected chi connectivity index (χ2v) is 5.54. The third kappa shape index (κ3) is 6.69. The maximum Gasteiger partial charge on any atom is 0.414 e. The van der Waals surface area contributed by atoms with Crippen molar-refractivity contribution in [3.8, 4) is 0 Å². The van der Waals surface area contributed by atoms with E-state index >= 15 is 0 Å². The molecule has 0 atom stereocenters. The first-order chi connectivity index (χ1) is 8.29. The maximum absolute atomic E-state index is 9.10. The Balaban J connectivity index is 0.000000411. The number of benzene rings is 1. The van der Waals surface area contributed by atoms with E-state index in [1.165, 1.54) is 0 Å². The summed E-state index contributed by atoms with van der Waals surface area (Å²) in [5.74, 6) is -3.65. The molecule has 100 valence electrons. The fourth-order valence-electron chi connectivity index (χ4n) is 0.698. The summed E-state index contributed by atoms with van der Waals surface area (Å²) in [5, 5.41) is 14.8. The molecule has 0 spiro atoms. The molecule has 0 radical (unpaired) electrons. The Bertz CT molecular complexity index is 443. The van der Waals surface area contributed by atoms with E-state index in [0.717, 1.165) is 19.1 Å². The van der Waals surface area contributed by atoms with E-state index in [9.17, 15) is 0 Å². The molecule has 0 aliphatic carbocycles. The molecule has 0 amide bonds. The van der Waals surface area contributed by atoms with E-state index in [1.807, 2.05) is 12.1 Å². The molecule has 0 aliphatic heterocycles. The van der Waals surface area contributed by atoms with Crippen LogP contribution in [0.1, 0.15) is 0 Å². The van der Waals surface area contributed by atoms with E-state index in [0.29, 0.717) is 0 Å². The predicted octanol–water partition coefficient (Wildman–Crippen LogP) is 3.36. The molecule has 10 heteroatoms. The van der Waals surface area contributed by atoms with Crippen molar-refractivity contribution in [3.05, 3.63) is 25.6 Å². The van der Waals surface area contributed by atoms with Gasteiger partial charge in [0.2, 0.25) is 0 Å². The van der Waals surface area contributed by atoms with Crippen molar-refractivity contribution in [2.45, 2.75) is 0 Å². The Morgan fingerprint density at radius 1 is 1.06 bits per heavy atom. The largest absolute Gasteiger partial charge is 0.473 e. The van der Waals surface area contributed by atoms with Crippen LogP contribution >= 0.6 is 63.9 Å². The number of hydrogen-bond donors (Lipinski definition) is 4. The van der Waals surface area contributed by atoms with Crippen LogP contribution in [0, 0.1) is 0 Å². The van der Waals surface area contributed by atoms with Gasteiger partial charge in [0.25, 0.3) is 0 Å². The predicted molar refractivity (Wildman–Crippen MR) is 80.5 cm³/mol. The van der Waals surface area contributed by atoms with Gasteiger partial charge in [-0.15, -0.1) is 0 Å². The van der Waals surface area contributed by atoms with Crippen LogP contribution in [0.3, 0.4) is 0 Å². The lowest BCUT2D eigenvalue weighted by molar-refractivity contribution is -0.159. The van der Waals surface area contributed by atoms with Crippen LogP contribution in [0.2, 0.25) is 0 Å². The molecule has 0 saturated carbocycles. The van der Waals surface area contributed by atoms with Gasteiger partial charge in [0, 0.05) is 25.1 Å². The zero-order valence-electron chi connectivity index (χ0n) is 8.38.